The molecule has 0 aromatic heterocycles. The first kappa shape index (κ1) is 11.6. The van der Waals surface area contributed by atoms with E-state index in [1.165, 1.54) is 5.56 Å². The Bertz CT molecular complexity index is 377. The second kappa shape index (κ2) is 3.57. The molecule has 0 unspecified atom stereocenters. The molecule has 16 heavy (non-hydrogen) atoms. The number of benzene rings is 1. The predicted molar refractivity (Wildman–Crippen MR) is 64.2 cm³/mol. The van der Waals surface area contributed by atoms with Gasteiger partial charge in [0.25, 0.3) is 0 Å². The zero-order chi connectivity index (χ0) is 12.0. The lowest BCUT2D eigenvalue weighted by Crippen LogP contribution is -2.41. The smallest absolute Gasteiger partial charge is 0.185 e. The summed E-state index contributed by atoms with van der Waals surface area (Å²) in [4.78, 5) is 0. The Morgan fingerprint density at radius 2 is 1.44 bits per heavy atom. The van der Waals surface area contributed by atoms with Crippen LogP contribution in [-0.2, 0) is 9.47 Å². The van der Waals surface area contributed by atoms with Gasteiger partial charge in [-0.15, -0.1) is 0 Å². The third kappa shape index (κ3) is 1.76. The predicted octanol–water partition coefficient (Wildman–Crippen LogP) is 3.60. The fraction of sp³-hybridized carbons (Fsp3) is 0.571. The lowest BCUT2D eigenvalue weighted by Gasteiger charge is -2.30. The highest BCUT2D eigenvalue weighted by molar-refractivity contribution is 5.27. The summed E-state index contributed by atoms with van der Waals surface area (Å²) < 4.78 is 12.0. The van der Waals surface area contributed by atoms with E-state index in [0.29, 0.717) is 0 Å². The fourth-order valence-corrected chi connectivity index (χ4v) is 1.82. The van der Waals surface area contributed by atoms with Crippen LogP contribution in [0.1, 0.15) is 45.1 Å². The van der Waals surface area contributed by atoms with Gasteiger partial charge in [0, 0.05) is 5.56 Å². The molecule has 88 valence electrons. The second-order valence-electron chi connectivity index (χ2n) is 5.44. The molecule has 1 aromatic carbocycles. The molecule has 0 saturated carbocycles. The van der Waals surface area contributed by atoms with E-state index in [4.69, 9.17) is 9.47 Å². The molecule has 0 spiro atoms. The second-order valence-corrected chi connectivity index (χ2v) is 5.44. The summed E-state index contributed by atoms with van der Waals surface area (Å²) in [5.41, 5.74) is 1.81. The Hall–Kier alpha value is -0.860. The van der Waals surface area contributed by atoms with E-state index in [1.807, 2.05) is 12.1 Å². The van der Waals surface area contributed by atoms with Gasteiger partial charge in [0.1, 0.15) is 0 Å². The van der Waals surface area contributed by atoms with Gasteiger partial charge in [0.05, 0.1) is 11.2 Å². The maximum atomic E-state index is 6.01. The van der Waals surface area contributed by atoms with E-state index in [9.17, 15) is 0 Å². The number of hydrogen-bond acceptors (Lipinski definition) is 2. The SMILES string of the molecule is Cc1ccccc1C1OC(C)(C)C(C)(C)O1. The molecule has 1 fully saturated rings. The molecule has 1 aromatic rings. The molecule has 0 amide bonds. The van der Waals surface area contributed by atoms with Crippen LogP contribution < -0.4 is 0 Å². The fourth-order valence-electron chi connectivity index (χ4n) is 1.82. The van der Waals surface area contributed by atoms with Crippen LogP contribution in [-0.4, -0.2) is 11.2 Å². The van der Waals surface area contributed by atoms with Crippen LogP contribution in [0.4, 0.5) is 0 Å². The van der Waals surface area contributed by atoms with Gasteiger partial charge in [-0.25, -0.2) is 0 Å². The third-order valence-electron chi connectivity index (χ3n) is 3.70. The molecule has 1 aliphatic rings. The van der Waals surface area contributed by atoms with Gasteiger partial charge in [-0.05, 0) is 40.2 Å². The van der Waals surface area contributed by atoms with Gasteiger partial charge in [0.2, 0.25) is 0 Å². The van der Waals surface area contributed by atoms with E-state index in [2.05, 4.69) is 46.8 Å². The topological polar surface area (TPSA) is 18.5 Å². The van der Waals surface area contributed by atoms with Crippen molar-refractivity contribution in [3.8, 4) is 0 Å². The van der Waals surface area contributed by atoms with Crippen LogP contribution in [0.25, 0.3) is 0 Å². The molecule has 0 aliphatic carbocycles. The maximum Gasteiger partial charge on any atom is 0.185 e. The highest BCUT2D eigenvalue weighted by Gasteiger charge is 2.49. The first-order chi connectivity index (χ1) is 7.33. The molecule has 2 heteroatoms. The van der Waals surface area contributed by atoms with Crippen molar-refractivity contribution in [2.45, 2.75) is 52.1 Å². The largest absolute Gasteiger partial charge is 0.339 e. The lowest BCUT2D eigenvalue weighted by atomic mass is 9.90. The quantitative estimate of drug-likeness (QED) is 0.720. The minimum atomic E-state index is -0.264. The van der Waals surface area contributed by atoms with Crippen molar-refractivity contribution in [3.63, 3.8) is 0 Å². The first-order valence-electron chi connectivity index (χ1n) is 5.75. The number of aryl methyl sites for hydroxylation is 1. The summed E-state index contributed by atoms with van der Waals surface area (Å²) in [5, 5.41) is 0. The number of rotatable bonds is 1. The molecule has 2 rings (SSSR count). The molecular formula is C14H20O2. The van der Waals surface area contributed by atoms with Crippen molar-refractivity contribution < 1.29 is 9.47 Å². The molecule has 0 radical (unpaired) electrons. The Balaban J connectivity index is 2.31. The standard InChI is InChI=1S/C14H20O2/c1-10-8-6-7-9-11(10)12-15-13(2,3)14(4,5)16-12/h6-9,12H,1-5H3. The van der Waals surface area contributed by atoms with E-state index in [0.717, 1.165) is 5.56 Å². The van der Waals surface area contributed by atoms with Crippen molar-refractivity contribution in [1.29, 1.82) is 0 Å². The van der Waals surface area contributed by atoms with E-state index in [1.54, 1.807) is 0 Å². The minimum Gasteiger partial charge on any atom is -0.339 e. The minimum absolute atomic E-state index is 0.244. The van der Waals surface area contributed by atoms with Crippen LogP contribution >= 0.6 is 0 Å². The zero-order valence-electron chi connectivity index (χ0n) is 10.7. The highest BCUT2D eigenvalue weighted by Crippen LogP contribution is 2.45. The van der Waals surface area contributed by atoms with Crippen LogP contribution in [0.15, 0.2) is 24.3 Å². The van der Waals surface area contributed by atoms with Gasteiger partial charge >= 0.3 is 0 Å². The van der Waals surface area contributed by atoms with Gasteiger partial charge in [-0.3, -0.25) is 0 Å². The Kier molecular flexibility index (Phi) is 2.59. The van der Waals surface area contributed by atoms with Crippen LogP contribution in [0, 0.1) is 6.92 Å². The lowest BCUT2D eigenvalue weighted by molar-refractivity contribution is -0.0899. The summed E-state index contributed by atoms with van der Waals surface area (Å²) in [5.74, 6) is 0. The molecule has 1 heterocycles. The summed E-state index contributed by atoms with van der Waals surface area (Å²) in [7, 11) is 0. The van der Waals surface area contributed by atoms with E-state index < -0.39 is 0 Å². The van der Waals surface area contributed by atoms with E-state index in [-0.39, 0.29) is 17.5 Å². The van der Waals surface area contributed by atoms with Gasteiger partial charge < -0.3 is 9.47 Å². The third-order valence-corrected chi connectivity index (χ3v) is 3.70. The van der Waals surface area contributed by atoms with Crippen molar-refractivity contribution in [1.82, 2.24) is 0 Å². The van der Waals surface area contributed by atoms with Crippen molar-refractivity contribution in [2.24, 2.45) is 0 Å². The summed E-state index contributed by atoms with van der Waals surface area (Å²) in [6.07, 6.45) is -0.244. The molecule has 0 atom stereocenters. The Morgan fingerprint density at radius 3 is 1.94 bits per heavy atom. The summed E-state index contributed by atoms with van der Waals surface area (Å²) in [6, 6.07) is 8.20. The first-order valence-corrected chi connectivity index (χ1v) is 5.75. The highest BCUT2D eigenvalue weighted by atomic mass is 16.7. The number of ether oxygens (including phenoxy) is 2. The zero-order valence-corrected chi connectivity index (χ0v) is 10.7. The molecule has 1 saturated heterocycles. The molecular weight excluding hydrogens is 200 g/mol. The summed E-state index contributed by atoms with van der Waals surface area (Å²) in [6.45, 7) is 10.4. The van der Waals surface area contributed by atoms with Crippen molar-refractivity contribution in [2.75, 3.05) is 0 Å². The molecule has 1 aliphatic heterocycles. The normalized spacial score (nSPS) is 23.6. The van der Waals surface area contributed by atoms with Gasteiger partial charge in [0.15, 0.2) is 6.29 Å². The molecule has 0 N–H and O–H groups in total. The van der Waals surface area contributed by atoms with E-state index >= 15 is 0 Å². The maximum absolute atomic E-state index is 6.01. The Morgan fingerprint density at radius 1 is 0.938 bits per heavy atom. The monoisotopic (exact) mass is 220 g/mol. The van der Waals surface area contributed by atoms with Crippen LogP contribution in [0.2, 0.25) is 0 Å². The Labute approximate surface area is 97.6 Å². The average Bonchev–Trinajstić information content (AvgIpc) is 2.36. The number of hydrogen-bond donors (Lipinski definition) is 0. The summed E-state index contributed by atoms with van der Waals surface area (Å²) >= 11 is 0. The van der Waals surface area contributed by atoms with Crippen LogP contribution in [0.3, 0.4) is 0 Å². The van der Waals surface area contributed by atoms with Crippen molar-refractivity contribution in [3.05, 3.63) is 35.4 Å². The molecule has 2 nitrogen and oxygen atoms in total. The van der Waals surface area contributed by atoms with Gasteiger partial charge in [-0.2, -0.15) is 0 Å². The van der Waals surface area contributed by atoms with Crippen molar-refractivity contribution >= 4 is 0 Å². The molecule has 0 bridgehead atoms. The van der Waals surface area contributed by atoms with Crippen LogP contribution in [0.5, 0.6) is 0 Å². The van der Waals surface area contributed by atoms with Gasteiger partial charge in [-0.1, -0.05) is 24.3 Å². The average molecular weight is 220 g/mol.